The van der Waals surface area contributed by atoms with E-state index in [1.165, 1.54) is 31.3 Å². The monoisotopic (exact) mass is 430 g/mol. The molecule has 0 aliphatic rings. The largest absolute Gasteiger partial charge is 0.324 e. The van der Waals surface area contributed by atoms with E-state index in [4.69, 9.17) is 0 Å². The highest BCUT2D eigenvalue weighted by atomic mass is 32.2. The van der Waals surface area contributed by atoms with Crippen LogP contribution < -0.4 is 5.32 Å². The molecule has 0 fully saturated rings. The number of hydrogen-bond acceptors (Lipinski definition) is 7. The number of nitrogens with zero attached hydrogens (tertiary/aromatic N) is 3. The van der Waals surface area contributed by atoms with E-state index in [1.54, 1.807) is 60.8 Å². The van der Waals surface area contributed by atoms with Gasteiger partial charge in [-0.25, -0.2) is 23.4 Å². The van der Waals surface area contributed by atoms with Crippen LogP contribution in [0.1, 0.15) is 17.3 Å². The fourth-order valence-corrected chi connectivity index (χ4v) is 4.12. The van der Waals surface area contributed by atoms with Crippen molar-refractivity contribution in [3.05, 3.63) is 90.8 Å². The molecule has 0 aliphatic carbocycles. The highest BCUT2D eigenvalue weighted by Crippen LogP contribution is 2.24. The Labute approximate surface area is 179 Å². The summed E-state index contributed by atoms with van der Waals surface area (Å²) in [6.45, 7) is 1.52. The number of sulfone groups is 1. The summed E-state index contributed by atoms with van der Waals surface area (Å²) in [5, 5.41) is 3.11. The van der Waals surface area contributed by atoms with Crippen LogP contribution in [0.4, 0.5) is 11.6 Å². The Morgan fingerprint density at radius 2 is 1.58 bits per heavy atom. The zero-order chi connectivity index (χ0) is 21.8. The third kappa shape index (κ3) is 4.49. The summed E-state index contributed by atoms with van der Waals surface area (Å²) in [6.07, 6.45) is 3.07. The van der Waals surface area contributed by atoms with E-state index in [2.05, 4.69) is 20.3 Å². The van der Waals surface area contributed by atoms with E-state index < -0.39 is 9.84 Å². The highest BCUT2D eigenvalue weighted by molar-refractivity contribution is 7.91. The number of carbonyl (C=O) groups excluding carboxylic acids is 1. The van der Waals surface area contributed by atoms with E-state index in [1.807, 2.05) is 0 Å². The Balaban J connectivity index is 1.56. The Hall–Kier alpha value is -3.91. The molecule has 154 valence electrons. The normalized spacial score (nSPS) is 11.1. The molecular weight excluding hydrogens is 412 g/mol. The molecule has 0 aliphatic heterocycles. The first-order valence-electron chi connectivity index (χ1n) is 9.41. The quantitative estimate of drug-likeness (QED) is 0.455. The first-order valence-corrected chi connectivity index (χ1v) is 10.9. The summed E-state index contributed by atoms with van der Waals surface area (Å²) in [4.78, 5) is 24.2. The average molecular weight is 430 g/mol. The molecule has 0 bridgehead atoms. The lowest BCUT2D eigenvalue weighted by Crippen LogP contribution is -2.04. The van der Waals surface area contributed by atoms with Gasteiger partial charge >= 0.3 is 0 Å². The van der Waals surface area contributed by atoms with Crippen LogP contribution in [-0.2, 0) is 9.84 Å². The number of nitrogens with one attached hydrogen (secondary N) is 1. The standard InChI is InChI=1S/C23H18N4O3S/c1-16(28)17-5-9-19(10-6-17)26-23-25-15-13-21(27-23)18-7-11-20(12-8-18)31(29,30)22-4-2-3-14-24-22/h2-15H,1H3,(H,25,26,27). The zero-order valence-corrected chi connectivity index (χ0v) is 17.4. The molecule has 0 unspecified atom stereocenters. The van der Waals surface area contributed by atoms with Crippen LogP contribution in [0, 0.1) is 0 Å². The van der Waals surface area contributed by atoms with Gasteiger partial charge in [-0.1, -0.05) is 18.2 Å². The average Bonchev–Trinajstić information content (AvgIpc) is 2.80. The van der Waals surface area contributed by atoms with E-state index in [9.17, 15) is 13.2 Å². The van der Waals surface area contributed by atoms with E-state index in [0.29, 0.717) is 17.2 Å². The molecule has 0 amide bonds. The van der Waals surface area contributed by atoms with E-state index in [-0.39, 0.29) is 15.7 Å². The molecule has 0 saturated carbocycles. The Morgan fingerprint density at radius 1 is 0.839 bits per heavy atom. The van der Waals surface area contributed by atoms with Crippen LogP contribution in [0.2, 0.25) is 0 Å². The minimum Gasteiger partial charge on any atom is -0.324 e. The highest BCUT2D eigenvalue weighted by Gasteiger charge is 2.18. The third-order valence-corrected chi connectivity index (χ3v) is 6.26. The van der Waals surface area contributed by atoms with Crippen LogP contribution in [0.15, 0.2) is 95.1 Å². The Morgan fingerprint density at radius 3 is 2.23 bits per heavy atom. The molecule has 0 saturated heterocycles. The third-order valence-electron chi connectivity index (χ3n) is 4.58. The number of ketones is 1. The molecule has 2 aromatic carbocycles. The molecule has 0 radical (unpaired) electrons. The van der Waals surface area contributed by atoms with Crippen molar-refractivity contribution in [1.82, 2.24) is 15.0 Å². The van der Waals surface area contributed by atoms with Crippen molar-refractivity contribution in [2.24, 2.45) is 0 Å². The Bertz CT molecular complexity index is 1320. The van der Waals surface area contributed by atoms with Crippen LogP contribution >= 0.6 is 0 Å². The first kappa shape index (κ1) is 20.4. The molecule has 4 aromatic rings. The van der Waals surface area contributed by atoms with E-state index >= 15 is 0 Å². The lowest BCUT2D eigenvalue weighted by Gasteiger charge is -2.08. The van der Waals surface area contributed by atoms with Crippen LogP contribution in [0.5, 0.6) is 0 Å². The number of pyridine rings is 1. The molecule has 31 heavy (non-hydrogen) atoms. The second-order valence-electron chi connectivity index (χ2n) is 6.72. The van der Waals surface area contributed by atoms with Crippen molar-refractivity contribution >= 4 is 27.3 Å². The van der Waals surface area contributed by atoms with Crippen LogP contribution in [0.3, 0.4) is 0 Å². The fourth-order valence-electron chi connectivity index (χ4n) is 2.93. The second kappa shape index (κ2) is 8.45. The molecule has 2 heterocycles. The van der Waals surface area contributed by atoms with Gasteiger partial charge in [0.05, 0.1) is 10.6 Å². The summed E-state index contributed by atoms with van der Waals surface area (Å²) < 4.78 is 25.4. The van der Waals surface area contributed by atoms with E-state index in [0.717, 1.165) is 11.3 Å². The number of benzene rings is 2. The molecule has 0 spiro atoms. The molecule has 4 rings (SSSR count). The summed E-state index contributed by atoms with van der Waals surface area (Å²) in [6, 6.07) is 20.0. The maximum Gasteiger partial charge on any atom is 0.227 e. The minimum absolute atomic E-state index is 0.00157. The predicted octanol–water partition coefficient (Wildman–Crippen LogP) is 4.32. The predicted molar refractivity (Wildman–Crippen MR) is 117 cm³/mol. The van der Waals surface area contributed by atoms with Crippen molar-refractivity contribution in [1.29, 1.82) is 0 Å². The maximum absolute atomic E-state index is 12.7. The molecule has 2 aromatic heterocycles. The van der Waals surface area contributed by atoms with Gasteiger partial charge in [0.25, 0.3) is 0 Å². The smallest absolute Gasteiger partial charge is 0.227 e. The zero-order valence-electron chi connectivity index (χ0n) is 16.6. The van der Waals surface area contributed by atoms with Crippen LogP contribution in [0.25, 0.3) is 11.3 Å². The van der Waals surface area contributed by atoms with Crippen molar-refractivity contribution in [3.8, 4) is 11.3 Å². The van der Waals surface area contributed by atoms with Crippen molar-refractivity contribution < 1.29 is 13.2 Å². The van der Waals surface area contributed by atoms with Gasteiger partial charge in [-0.15, -0.1) is 0 Å². The van der Waals surface area contributed by atoms with Crippen molar-refractivity contribution in [2.75, 3.05) is 5.32 Å². The maximum atomic E-state index is 12.7. The van der Waals surface area contributed by atoms with Gasteiger partial charge in [0.1, 0.15) is 0 Å². The molecular formula is C23H18N4O3S. The van der Waals surface area contributed by atoms with Gasteiger partial charge in [-0.3, -0.25) is 4.79 Å². The molecule has 0 atom stereocenters. The summed E-state index contributed by atoms with van der Waals surface area (Å²) in [5.41, 5.74) is 2.76. The number of hydrogen-bond donors (Lipinski definition) is 1. The number of carbonyl (C=O) groups is 1. The molecule has 7 nitrogen and oxygen atoms in total. The summed E-state index contributed by atoms with van der Waals surface area (Å²) >= 11 is 0. The Kier molecular flexibility index (Phi) is 5.55. The number of aromatic nitrogens is 3. The first-order chi connectivity index (χ1) is 14.9. The number of anilines is 2. The molecule has 1 N–H and O–H groups in total. The lowest BCUT2D eigenvalue weighted by molar-refractivity contribution is 0.101. The second-order valence-corrected chi connectivity index (χ2v) is 8.62. The van der Waals surface area contributed by atoms with Gasteiger partial charge in [0, 0.05) is 29.2 Å². The summed E-state index contributed by atoms with van der Waals surface area (Å²) in [7, 11) is -3.68. The molecule has 8 heteroatoms. The number of Topliss-reactive ketones (excluding diaryl/α,β-unsaturated/α-hetero) is 1. The fraction of sp³-hybridized carbons (Fsp3) is 0.0435. The summed E-state index contributed by atoms with van der Waals surface area (Å²) in [5.74, 6) is 0.386. The van der Waals surface area contributed by atoms with Gasteiger partial charge in [0.15, 0.2) is 10.8 Å². The van der Waals surface area contributed by atoms with Gasteiger partial charge in [0.2, 0.25) is 15.8 Å². The number of rotatable bonds is 6. The lowest BCUT2D eigenvalue weighted by atomic mass is 10.1. The van der Waals surface area contributed by atoms with Gasteiger partial charge in [-0.2, -0.15) is 0 Å². The minimum atomic E-state index is -3.68. The van der Waals surface area contributed by atoms with Gasteiger partial charge in [-0.05, 0) is 61.5 Å². The van der Waals surface area contributed by atoms with Gasteiger partial charge < -0.3 is 5.32 Å². The van der Waals surface area contributed by atoms with Crippen molar-refractivity contribution in [3.63, 3.8) is 0 Å². The SMILES string of the molecule is CC(=O)c1ccc(Nc2nccc(-c3ccc(S(=O)(=O)c4ccccn4)cc3)n2)cc1. The topological polar surface area (TPSA) is 102 Å². The van der Waals surface area contributed by atoms with Crippen molar-refractivity contribution in [2.45, 2.75) is 16.8 Å². The van der Waals surface area contributed by atoms with Crippen LogP contribution in [-0.4, -0.2) is 29.2 Å².